The lowest BCUT2D eigenvalue weighted by atomic mass is 9.80. The molecule has 5 rings (SSSR count). The van der Waals surface area contributed by atoms with Gasteiger partial charge in [0, 0.05) is 37.0 Å². The predicted molar refractivity (Wildman–Crippen MR) is 178 cm³/mol. The van der Waals surface area contributed by atoms with Crippen LogP contribution in [0.1, 0.15) is 41.9 Å². The van der Waals surface area contributed by atoms with Crippen LogP contribution < -0.4 is 23.8 Å². The van der Waals surface area contributed by atoms with Gasteiger partial charge in [-0.15, -0.1) is 0 Å². The summed E-state index contributed by atoms with van der Waals surface area (Å²) < 4.78 is 107. The van der Waals surface area contributed by atoms with Gasteiger partial charge in [0.25, 0.3) is 10.0 Å². The van der Waals surface area contributed by atoms with Crippen LogP contribution in [0.25, 0.3) is 0 Å². The van der Waals surface area contributed by atoms with E-state index >= 15 is 4.39 Å². The number of ether oxygens (including phenoxy) is 4. The third-order valence-electron chi connectivity index (χ3n) is 8.34. The zero-order valence-corrected chi connectivity index (χ0v) is 29.1. The molecule has 1 N–H and O–H groups in total. The van der Waals surface area contributed by atoms with Gasteiger partial charge in [-0.3, -0.25) is 0 Å². The summed E-state index contributed by atoms with van der Waals surface area (Å²) in [7, 11) is -0.485. The Bertz CT molecular complexity index is 1970. The first-order chi connectivity index (χ1) is 24.2. The van der Waals surface area contributed by atoms with Gasteiger partial charge in [0.2, 0.25) is 0 Å². The molecule has 4 aromatic rings. The van der Waals surface area contributed by atoms with Gasteiger partial charge in [-0.05, 0) is 55.0 Å². The van der Waals surface area contributed by atoms with E-state index in [0.717, 1.165) is 34.9 Å². The highest BCUT2D eigenvalue weighted by Crippen LogP contribution is 2.41. The van der Waals surface area contributed by atoms with Crippen LogP contribution in [-0.2, 0) is 27.5 Å². The van der Waals surface area contributed by atoms with Crippen molar-refractivity contribution in [3.05, 3.63) is 101 Å². The molecule has 0 aliphatic heterocycles. The van der Waals surface area contributed by atoms with Crippen molar-refractivity contribution >= 4 is 33.5 Å². The molecule has 51 heavy (non-hydrogen) atoms. The zero-order chi connectivity index (χ0) is 36.9. The lowest BCUT2D eigenvalue weighted by Crippen LogP contribution is -2.42. The largest absolute Gasteiger partial charge is 0.497 e. The van der Waals surface area contributed by atoms with Crippen molar-refractivity contribution in [1.29, 1.82) is 0 Å². The highest BCUT2D eigenvalue weighted by Gasteiger charge is 2.38. The number of nitrogens with zero attached hydrogens (tertiary/aromatic N) is 3. The standard InChI is InChI=1S/C34H33ClF4N4O7S/c1-40-33(44)50-30-14-21(20-5-4-6-23(13-20)34(37,38)39)8-10-27(30)49-29-17-26(36)31(16-25(29)35)51(45,46)43(32-11-12-41-19-42-32)18-22-7-9-24(47-2)15-28(22)48-3/h4-7,9,11-13,15-17,19,21,27,30H,8,10,14,18H2,1-3H3,(H,40,44)/t21-,27-,30-/m0/s1. The number of carbonyl (C=O) groups is 1. The van der Waals surface area contributed by atoms with Gasteiger partial charge in [0.1, 0.15) is 52.3 Å². The average Bonchev–Trinajstić information content (AvgIpc) is 3.12. The molecule has 1 aromatic heterocycles. The van der Waals surface area contributed by atoms with Crippen molar-refractivity contribution in [2.24, 2.45) is 0 Å². The van der Waals surface area contributed by atoms with Crippen molar-refractivity contribution < 1.29 is 49.7 Å². The fourth-order valence-corrected chi connectivity index (χ4v) is 7.51. The minimum Gasteiger partial charge on any atom is -0.497 e. The SMILES string of the molecule is CNC(=O)O[C@H]1C[C@@H](c2cccc(C(F)(F)F)c2)CC[C@@H]1Oc1cc(F)c(S(=O)(=O)N(Cc2ccc(OC)cc2OC)c2ccncn2)cc1Cl. The van der Waals surface area contributed by atoms with Gasteiger partial charge >= 0.3 is 12.3 Å². The van der Waals surface area contributed by atoms with Crippen LogP contribution >= 0.6 is 11.6 Å². The first kappa shape index (κ1) is 37.4. The molecule has 0 saturated heterocycles. The summed E-state index contributed by atoms with van der Waals surface area (Å²) in [6.07, 6.45) is -4.14. The number of hydrogen-bond acceptors (Lipinski definition) is 9. The molecule has 1 aliphatic carbocycles. The van der Waals surface area contributed by atoms with E-state index in [-0.39, 0.29) is 36.0 Å². The molecule has 272 valence electrons. The molecule has 3 aromatic carbocycles. The highest BCUT2D eigenvalue weighted by molar-refractivity contribution is 7.92. The topological polar surface area (TPSA) is 129 Å². The molecule has 1 saturated carbocycles. The molecular weight excluding hydrogens is 720 g/mol. The molecule has 0 radical (unpaired) electrons. The maximum Gasteiger partial charge on any atom is 0.416 e. The number of alkyl carbamates (subject to hydrolysis) is 1. The third-order valence-corrected chi connectivity index (χ3v) is 10.4. The van der Waals surface area contributed by atoms with Crippen molar-refractivity contribution in [2.75, 3.05) is 25.6 Å². The number of rotatable bonds is 11. The summed E-state index contributed by atoms with van der Waals surface area (Å²) in [6, 6.07) is 12.8. The number of sulfonamides is 1. The summed E-state index contributed by atoms with van der Waals surface area (Å²) in [4.78, 5) is 19.4. The molecule has 0 spiro atoms. The van der Waals surface area contributed by atoms with Crippen LogP contribution in [0, 0.1) is 5.82 Å². The van der Waals surface area contributed by atoms with E-state index in [2.05, 4.69) is 15.3 Å². The minimum absolute atomic E-state index is 0.0644. The van der Waals surface area contributed by atoms with Crippen molar-refractivity contribution in [1.82, 2.24) is 15.3 Å². The van der Waals surface area contributed by atoms with Gasteiger partial charge < -0.3 is 24.3 Å². The maximum atomic E-state index is 15.9. The molecule has 1 aliphatic rings. The van der Waals surface area contributed by atoms with E-state index in [4.69, 9.17) is 30.5 Å². The van der Waals surface area contributed by atoms with Gasteiger partial charge in [-0.1, -0.05) is 29.8 Å². The number of benzene rings is 3. The Kier molecular flexibility index (Phi) is 11.4. The average molecular weight is 753 g/mol. The van der Waals surface area contributed by atoms with Crippen LogP contribution in [-0.4, -0.2) is 58.0 Å². The van der Waals surface area contributed by atoms with E-state index in [1.165, 1.54) is 39.6 Å². The maximum absolute atomic E-state index is 15.9. The predicted octanol–water partition coefficient (Wildman–Crippen LogP) is 7.14. The Labute approximate surface area is 296 Å². The summed E-state index contributed by atoms with van der Waals surface area (Å²) in [5, 5.41) is 2.07. The summed E-state index contributed by atoms with van der Waals surface area (Å²) in [5.74, 6) is -1.14. The smallest absolute Gasteiger partial charge is 0.416 e. The van der Waals surface area contributed by atoms with Crippen molar-refractivity contribution in [2.45, 2.75) is 55.0 Å². The van der Waals surface area contributed by atoms with Crippen LogP contribution in [0.2, 0.25) is 5.02 Å². The van der Waals surface area contributed by atoms with Gasteiger partial charge in [0.15, 0.2) is 0 Å². The summed E-state index contributed by atoms with van der Waals surface area (Å²) in [6.45, 7) is -0.324. The number of carbonyl (C=O) groups excluding carboxylic acids is 1. The number of alkyl halides is 3. The van der Waals surface area contributed by atoms with Gasteiger partial charge in [-0.2, -0.15) is 13.2 Å². The summed E-state index contributed by atoms with van der Waals surface area (Å²) in [5.41, 5.74) is 0.0172. The van der Waals surface area contributed by atoms with E-state index in [9.17, 15) is 26.4 Å². The molecular formula is C34H33ClF4N4O7S. The molecule has 17 heteroatoms. The molecule has 3 atom stereocenters. The second-order valence-electron chi connectivity index (χ2n) is 11.5. The van der Waals surface area contributed by atoms with E-state index in [0.29, 0.717) is 29.0 Å². The molecule has 11 nitrogen and oxygen atoms in total. The lowest BCUT2D eigenvalue weighted by molar-refractivity contribution is -0.137. The van der Waals surface area contributed by atoms with E-state index in [1.807, 2.05) is 0 Å². The number of methoxy groups -OCH3 is 2. The van der Waals surface area contributed by atoms with Crippen LogP contribution in [0.5, 0.6) is 17.2 Å². The highest BCUT2D eigenvalue weighted by atomic mass is 35.5. The Morgan fingerprint density at radius 1 is 1.02 bits per heavy atom. The molecule has 1 heterocycles. The van der Waals surface area contributed by atoms with E-state index in [1.54, 1.807) is 24.3 Å². The number of hydrogen-bond donors (Lipinski definition) is 1. The number of anilines is 1. The summed E-state index contributed by atoms with van der Waals surface area (Å²) >= 11 is 6.52. The fraction of sp³-hybridized carbons (Fsp3) is 0.324. The molecule has 0 unspecified atom stereocenters. The first-order valence-corrected chi connectivity index (χ1v) is 17.3. The van der Waals surface area contributed by atoms with Gasteiger partial charge in [-0.25, -0.2) is 31.9 Å². The van der Waals surface area contributed by atoms with Crippen molar-refractivity contribution in [3.8, 4) is 17.2 Å². The number of halogens is 5. The first-order valence-electron chi connectivity index (χ1n) is 15.5. The van der Waals surface area contributed by atoms with Gasteiger partial charge in [0.05, 0.1) is 31.4 Å². The monoisotopic (exact) mass is 752 g/mol. The fourth-order valence-electron chi connectivity index (χ4n) is 5.77. The molecule has 0 bridgehead atoms. The third kappa shape index (κ3) is 8.56. The molecule has 1 fully saturated rings. The number of amides is 1. The second-order valence-corrected chi connectivity index (χ2v) is 13.7. The Morgan fingerprint density at radius 2 is 1.80 bits per heavy atom. The van der Waals surface area contributed by atoms with E-state index < -0.39 is 56.7 Å². The van der Waals surface area contributed by atoms with Crippen LogP contribution in [0.3, 0.4) is 0 Å². The Hall–Kier alpha value is -4.83. The Morgan fingerprint density at radius 3 is 2.47 bits per heavy atom. The number of nitrogens with one attached hydrogen (secondary N) is 1. The zero-order valence-electron chi connectivity index (χ0n) is 27.5. The molecule has 1 amide bonds. The lowest BCUT2D eigenvalue weighted by Gasteiger charge is -2.36. The van der Waals surface area contributed by atoms with Crippen LogP contribution in [0.4, 0.5) is 28.2 Å². The quantitative estimate of drug-likeness (QED) is 0.159. The second kappa shape index (κ2) is 15.6. The van der Waals surface area contributed by atoms with Crippen LogP contribution in [0.15, 0.2) is 78.1 Å². The van der Waals surface area contributed by atoms with Crippen molar-refractivity contribution in [3.63, 3.8) is 0 Å². The Balaban J connectivity index is 1.43. The number of aromatic nitrogens is 2. The minimum atomic E-state index is -4.69. The normalized spacial score (nSPS) is 17.7.